The Kier molecular flexibility index (Phi) is 5.86. The van der Waals surface area contributed by atoms with Crippen LogP contribution in [0.2, 0.25) is 0 Å². The second-order valence-electron chi connectivity index (χ2n) is 3.96. The molecule has 0 atom stereocenters. The van der Waals surface area contributed by atoms with Crippen LogP contribution in [0.3, 0.4) is 0 Å². The predicted molar refractivity (Wildman–Crippen MR) is 87.3 cm³/mol. The first kappa shape index (κ1) is 17.1. The van der Waals surface area contributed by atoms with Gasteiger partial charge in [0.05, 0.1) is 24.1 Å². The topological polar surface area (TPSA) is 94.3 Å². The lowest BCUT2D eigenvalue weighted by Crippen LogP contribution is -2.15. The molecule has 0 aliphatic rings. The number of ether oxygens (including phenoxy) is 1. The first-order chi connectivity index (χ1) is 9.52. The van der Waals surface area contributed by atoms with Crippen molar-refractivity contribution in [2.24, 2.45) is 0 Å². The summed E-state index contributed by atoms with van der Waals surface area (Å²) < 4.78 is 4.67. The van der Waals surface area contributed by atoms with E-state index in [4.69, 9.17) is 5.73 Å². The van der Waals surface area contributed by atoms with Crippen LogP contribution in [0.4, 0.5) is 10.8 Å². The molecule has 1 aromatic carbocycles. The van der Waals surface area contributed by atoms with Gasteiger partial charge in [-0.2, -0.15) is 0 Å². The number of thiazole rings is 1. The molecular formula is C13H14BrN3O3S. The standard InChI is InChI=1S/C13H13N3O3S.BrH/c1-7-10(20-13(14)15-7)11(17)16-9-6-4-3-5-8(9)12(18)19-2;/h3-6H,1-2H3,(H2,14,15)(H,16,17);1H. The summed E-state index contributed by atoms with van der Waals surface area (Å²) in [5.74, 6) is -0.866. The average Bonchev–Trinajstić information content (AvgIpc) is 2.77. The van der Waals surface area contributed by atoms with Gasteiger partial charge in [0, 0.05) is 0 Å². The lowest BCUT2D eigenvalue weighted by atomic mass is 10.1. The zero-order chi connectivity index (χ0) is 14.7. The van der Waals surface area contributed by atoms with E-state index in [9.17, 15) is 9.59 Å². The Balaban J connectivity index is 0.00000220. The first-order valence-corrected chi connectivity index (χ1v) is 6.56. The molecule has 3 N–H and O–H groups in total. The van der Waals surface area contributed by atoms with Gasteiger partial charge in [-0.15, -0.1) is 17.0 Å². The molecule has 0 spiro atoms. The van der Waals surface area contributed by atoms with Crippen molar-refractivity contribution >= 4 is 51.0 Å². The highest BCUT2D eigenvalue weighted by molar-refractivity contribution is 8.93. The van der Waals surface area contributed by atoms with Gasteiger partial charge in [0.2, 0.25) is 0 Å². The third kappa shape index (κ3) is 3.79. The quantitative estimate of drug-likeness (QED) is 0.808. The number of hydrogen-bond donors (Lipinski definition) is 2. The molecule has 1 heterocycles. The Morgan fingerprint density at radius 2 is 2.00 bits per heavy atom. The van der Waals surface area contributed by atoms with Gasteiger partial charge in [0.25, 0.3) is 5.91 Å². The summed E-state index contributed by atoms with van der Waals surface area (Å²) in [6.07, 6.45) is 0. The van der Waals surface area contributed by atoms with Gasteiger partial charge < -0.3 is 15.8 Å². The van der Waals surface area contributed by atoms with E-state index in [1.165, 1.54) is 7.11 Å². The van der Waals surface area contributed by atoms with Gasteiger partial charge in [-0.3, -0.25) is 4.79 Å². The Hall–Kier alpha value is -1.93. The molecule has 8 heteroatoms. The third-order valence-electron chi connectivity index (χ3n) is 2.60. The van der Waals surface area contributed by atoms with E-state index in [1.807, 2.05) is 0 Å². The van der Waals surface area contributed by atoms with Crippen LogP contribution in [-0.4, -0.2) is 24.0 Å². The Labute approximate surface area is 136 Å². The zero-order valence-electron chi connectivity index (χ0n) is 11.4. The molecule has 0 aliphatic heterocycles. The maximum Gasteiger partial charge on any atom is 0.339 e. The van der Waals surface area contributed by atoms with E-state index in [-0.39, 0.29) is 22.9 Å². The number of nitrogen functional groups attached to an aromatic ring is 1. The molecular weight excluding hydrogens is 358 g/mol. The van der Waals surface area contributed by atoms with Crippen LogP contribution in [0.25, 0.3) is 0 Å². The number of nitrogens with zero attached hydrogens (tertiary/aromatic N) is 1. The van der Waals surface area contributed by atoms with E-state index < -0.39 is 5.97 Å². The smallest absolute Gasteiger partial charge is 0.339 e. The molecule has 0 radical (unpaired) electrons. The average molecular weight is 372 g/mol. The number of hydrogen-bond acceptors (Lipinski definition) is 6. The number of carbonyl (C=O) groups is 2. The highest BCUT2D eigenvalue weighted by Gasteiger charge is 2.17. The number of halogens is 1. The second-order valence-corrected chi connectivity index (χ2v) is 4.99. The van der Waals surface area contributed by atoms with Crippen molar-refractivity contribution < 1.29 is 14.3 Å². The highest BCUT2D eigenvalue weighted by atomic mass is 79.9. The molecule has 1 amide bonds. The number of rotatable bonds is 3. The van der Waals surface area contributed by atoms with Crippen molar-refractivity contribution in [2.75, 3.05) is 18.2 Å². The summed E-state index contributed by atoms with van der Waals surface area (Å²) in [7, 11) is 1.29. The molecule has 0 bridgehead atoms. The summed E-state index contributed by atoms with van der Waals surface area (Å²) >= 11 is 1.10. The molecule has 1 aromatic heterocycles. The van der Waals surface area contributed by atoms with Crippen molar-refractivity contribution in [3.8, 4) is 0 Å². The van der Waals surface area contributed by atoms with Crippen molar-refractivity contribution in [1.82, 2.24) is 4.98 Å². The number of nitrogens with two attached hydrogens (primary N) is 1. The van der Waals surface area contributed by atoms with Crippen LogP contribution in [0.1, 0.15) is 25.7 Å². The Morgan fingerprint density at radius 1 is 1.33 bits per heavy atom. The number of anilines is 2. The van der Waals surface area contributed by atoms with Gasteiger partial charge >= 0.3 is 5.97 Å². The first-order valence-electron chi connectivity index (χ1n) is 5.74. The molecule has 0 aliphatic carbocycles. The lowest BCUT2D eigenvalue weighted by Gasteiger charge is -2.08. The normalized spacial score (nSPS) is 9.62. The minimum Gasteiger partial charge on any atom is -0.465 e. The van der Waals surface area contributed by atoms with E-state index in [2.05, 4.69) is 15.0 Å². The van der Waals surface area contributed by atoms with Crippen LogP contribution in [0.5, 0.6) is 0 Å². The Bertz CT molecular complexity index is 672. The fourth-order valence-corrected chi connectivity index (χ4v) is 2.42. The summed E-state index contributed by atoms with van der Waals surface area (Å²) in [6.45, 7) is 1.70. The van der Waals surface area contributed by atoms with E-state index in [1.54, 1.807) is 31.2 Å². The molecule has 2 rings (SSSR count). The third-order valence-corrected chi connectivity index (χ3v) is 3.59. The second kappa shape index (κ2) is 7.19. The van der Waals surface area contributed by atoms with Gasteiger partial charge in [-0.25, -0.2) is 9.78 Å². The van der Waals surface area contributed by atoms with Crippen molar-refractivity contribution in [2.45, 2.75) is 6.92 Å². The van der Waals surface area contributed by atoms with E-state index in [0.29, 0.717) is 27.0 Å². The van der Waals surface area contributed by atoms with Crippen LogP contribution in [0, 0.1) is 6.92 Å². The van der Waals surface area contributed by atoms with Crippen molar-refractivity contribution in [3.05, 3.63) is 40.4 Å². The van der Waals surface area contributed by atoms with E-state index in [0.717, 1.165) is 11.3 Å². The molecule has 0 saturated carbocycles. The number of methoxy groups -OCH3 is 1. The van der Waals surface area contributed by atoms with E-state index >= 15 is 0 Å². The molecule has 6 nitrogen and oxygen atoms in total. The summed E-state index contributed by atoms with van der Waals surface area (Å²) in [4.78, 5) is 28.2. The molecule has 112 valence electrons. The summed E-state index contributed by atoms with van der Waals surface area (Å²) in [5, 5.41) is 3.00. The monoisotopic (exact) mass is 371 g/mol. The predicted octanol–water partition coefficient (Wildman–Crippen LogP) is 2.65. The number of aryl methyl sites for hydroxylation is 1. The minimum atomic E-state index is -0.513. The van der Waals surface area contributed by atoms with Crippen LogP contribution < -0.4 is 11.1 Å². The minimum absolute atomic E-state index is 0. The van der Waals surface area contributed by atoms with Gasteiger partial charge in [-0.1, -0.05) is 23.5 Å². The highest BCUT2D eigenvalue weighted by Crippen LogP contribution is 2.22. The summed E-state index contributed by atoms with van der Waals surface area (Å²) in [6, 6.07) is 6.62. The molecule has 0 saturated heterocycles. The number of esters is 1. The maximum atomic E-state index is 12.2. The van der Waals surface area contributed by atoms with Crippen molar-refractivity contribution in [1.29, 1.82) is 0 Å². The fourth-order valence-electron chi connectivity index (χ4n) is 1.69. The van der Waals surface area contributed by atoms with Gasteiger partial charge in [-0.05, 0) is 19.1 Å². The van der Waals surface area contributed by atoms with Crippen LogP contribution >= 0.6 is 28.3 Å². The zero-order valence-corrected chi connectivity index (χ0v) is 13.9. The number of amides is 1. The molecule has 0 fully saturated rings. The SMILES string of the molecule is Br.COC(=O)c1ccccc1NC(=O)c1sc(N)nc1C. The number of nitrogens with one attached hydrogen (secondary N) is 1. The van der Waals surface area contributed by atoms with Crippen LogP contribution in [0.15, 0.2) is 24.3 Å². The Morgan fingerprint density at radius 3 is 2.57 bits per heavy atom. The maximum absolute atomic E-state index is 12.2. The largest absolute Gasteiger partial charge is 0.465 e. The number of benzene rings is 1. The fraction of sp³-hybridized carbons (Fsp3) is 0.154. The molecule has 2 aromatic rings. The summed E-state index contributed by atoms with van der Waals surface area (Å²) in [5.41, 5.74) is 6.79. The molecule has 21 heavy (non-hydrogen) atoms. The number of aromatic nitrogens is 1. The van der Waals surface area contributed by atoms with Gasteiger partial charge in [0.1, 0.15) is 4.88 Å². The van der Waals surface area contributed by atoms with Crippen LogP contribution in [-0.2, 0) is 4.74 Å². The lowest BCUT2D eigenvalue weighted by molar-refractivity contribution is 0.0602. The molecule has 0 unspecified atom stereocenters. The number of para-hydroxylation sites is 1. The van der Waals surface area contributed by atoms with Gasteiger partial charge in [0.15, 0.2) is 5.13 Å². The number of carbonyl (C=O) groups excluding carboxylic acids is 2. The van der Waals surface area contributed by atoms with Crippen molar-refractivity contribution in [3.63, 3.8) is 0 Å².